The fraction of sp³-hybridized carbons (Fsp3) is 0.400. The molecule has 0 fully saturated rings. The first-order chi connectivity index (χ1) is 5.87. The van der Waals surface area contributed by atoms with E-state index in [4.69, 9.17) is 15.0 Å². The maximum absolute atomic E-state index is 10.5. The molecule has 0 heterocycles. The molecule has 0 saturated carbocycles. The number of rotatable bonds is 3. The second-order valence-electron chi connectivity index (χ2n) is 2.03. The van der Waals surface area contributed by atoms with E-state index in [2.05, 4.69) is 4.74 Å². The van der Waals surface area contributed by atoms with Gasteiger partial charge < -0.3 is 26.8 Å². The molecule has 0 rings (SSSR count). The Morgan fingerprint density at radius 2 is 1.93 bits per heavy atom. The third kappa shape index (κ3) is 11.0. The number of hydroxylamine groups is 2. The molecule has 0 radical (unpaired) electrons. The van der Waals surface area contributed by atoms with Crippen LogP contribution in [0.2, 0.25) is 0 Å². The molecule has 0 bridgehead atoms. The van der Waals surface area contributed by atoms with E-state index < -0.39 is 13.7 Å². The summed E-state index contributed by atoms with van der Waals surface area (Å²) in [7, 11) is -3.16. The van der Waals surface area contributed by atoms with Crippen molar-refractivity contribution in [3.05, 3.63) is 11.9 Å². The molecule has 0 atom stereocenters. The van der Waals surface area contributed by atoms with Crippen molar-refractivity contribution in [3.8, 4) is 0 Å². The predicted molar refractivity (Wildman–Crippen MR) is 52.1 cm³/mol. The largest absolute Gasteiger partial charge is 0.451 e. The monoisotopic (exact) mass is 245 g/mol. The molecule has 0 aliphatic rings. The summed E-state index contributed by atoms with van der Waals surface area (Å²) in [5.41, 5.74) is 0. The molecule has 10 heteroatoms. The Labute approximate surface area is 86.6 Å². The van der Waals surface area contributed by atoms with Gasteiger partial charge in [0.05, 0.1) is 13.7 Å². The second-order valence-corrected chi connectivity index (χ2v) is 3.50. The van der Waals surface area contributed by atoms with E-state index in [1.165, 1.54) is 0 Å². The van der Waals surface area contributed by atoms with Crippen molar-refractivity contribution < 1.29 is 29.1 Å². The molecule has 0 aliphatic heterocycles. The van der Waals surface area contributed by atoms with Crippen molar-refractivity contribution in [2.45, 2.75) is 0 Å². The van der Waals surface area contributed by atoms with Crippen LogP contribution in [-0.4, -0.2) is 39.8 Å². The summed E-state index contributed by atoms with van der Waals surface area (Å²) in [6, 6.07) is 0. The number of hydrogen-bond acceptors (Lipinski definition) is 6. The fourth-order valence-corrected chi connectivity index (χ4v) is 0.833. The van der Waals surface area contributed by atoms with E-state index in [0.717, 1.165) is 13.2 Å². The number of nitrogens with zero attached hydrogens (tertiary/aromatic N) is 1. The minimum absolute atomic E-state index is 0. The van der Waals surface area contributed by atoms with Crippen LogP contribution in [-0.2, 0) is 9.30 Å². The van der Waals surface area contributed by atoms with Crippen molar-refractivity contribution in [3.63, 3.8) is 0 Å². The summed E-state index contributed by atoms with van der Waals surface area (Å²) in [6.45, 7) is -0.349. The Morgan fingerprint density at radius 3 is 2.27 bits per heavy atom. The van der Waals surface area contributed by atoms with Gasteiger partial charge in [0.2, 0.25) is 0 Å². The zero-order valence-electron chi connectivity index (χ0n) is 8.24. The molecule has 0 aromatic heterocycles. The van der Waals surface area contributed by atoms with Crippen LogP contribution in [0.5, 0.6) is 0 Å². The molecular weight excluding hydrogens is 229 g/mol. The van der Waals surface area contributed by atoms with Crippen LogP contribution in [0.4, 0.5) is 4.79 Å². The van der Waals surface area contributed by atoms with Gasteiger partial charge in [0, 0.05) is 5.82 Å². The quantitative estimate of drug-likeness (QED) is 0.270. The first kappa shape index (κ1) is 19.6. The lowest BCUT2D eigenvalue weighted by Crippen LogP contribution is -2.27. The molecule has 0 spiro atoms. The van der Waals surface area contributed by atoms with Gasteiger partial charge in [-0.15, -0.1) is 0 Å². The molecular formula is C5H16N3O6P. The third-order valence-corrected chi connectivity index (χ3v) is 1.56. The summed E-state index contributed by atoms with van der Waals surface area (Å²) < 4.78 is 14.3. The lowest BCUT2D eigenvalue weighted by molar-refractivity contribution is -0.0599. The van der Waals surface area contributed by atoms with Gasteiger partial charge in [-0.3, -0.25) is 9.77 Å². The van der Waals surface area contributed by atoms with Crippen molar-refractivity contribution in [2.75, 3.05) is 13.7 Å². The third-order valence-electron chi connectivity index (χ3n) is 0.963. The SMILES string of the molecule is COC(=O)N(O)C/C=C/P(=O)(O)O.N.N. The molecule has 0 aliphatic carbocycles. The topological polar surface area (TPSA) is 177 Å². The fourth-order valence-electron chi connectivity index (χ4n) is 0.464. The Bertz CT molecular complexity index is 251. The molecule has 0 saturated heterocycles. The predicted octanol–water partition coefficient (Wildman–Crippen LogP) is 0.459. The number of methoxy groups -OCH3 is 1. The van der Waals surface area contributed by atoms with Crippen LogP contribution >= 0.6 is 7.60 Å². The minimum Gasteiger partial charge on any atom is -0.451 e. The van der Waals surface area contributed by atoms with Crippen molar-refractivity contribution >= 4 is 13.7 Å². The second kappa shape index (κ2) is 8.36. The molecule has 9 nitrogen and oxygen atoms in total. The molecule has 0 aromatic carbocycles. The Balaban J connectivity index is -0.000000720. The van der Waals surface area contributed by atoms with Crippen molar-refractivity contribution in [1.82, 2.24) is 17.4 Å². The Kier molecular flexibility index (Phi) is 10.9. The van der Waals surface area contributed by atoms with E-state index in [1.807, 2.05) is 0 Å². The van der Waals surface area contributed by atoms with Crippen molar-refractivity contribution in [2.24, 2.45) is 0 Å². The lowest BCUT2D eigenvalue weighted by Gasteiger charge is -2.09. The van der Waals surface area contributed by atoms with Gasteiger partial charge in [-0.1, -0.05) is 6.08 Å². The Hall–Kier alpha value is -0.960. The summed E-state index contributed by atoms with van der Waals surface area (Å²) in [6.07, 6.45) is -0.0482. The van der Waals surface area contributed by atoms with Gasteiger partial charge in [0.1, 0.15) is 0 Å². The minimum atomic E-state index is -4.23. The maximum atomic E-state index is 10.5. The highest BCUT2D eigenvalue weighted by Gasteiger charge is 2.09. The molecule has 0 aromatic rings. The number of carbonyl (C=O) groups excluding carboxylic acids is 1. The first-order valence-electron chi connectivity index (χ1n) is 3.14. The van der Waals surface area contributed by atoms with Crippen LogP contribution in [0.3, 0.4) is 0 Å². The Morgan fingerprint density at radius 1 is 1.47 bits per heavy atom. The number of carbonyl (C=O) groups is 1. The van der Waals surface area contributed by atoms with Crippen LogP contribution in [0.25, 0.3) is 0 Å². The van der Waals surface area contributed by atoms with Crippen LogP contribution in [0, 0.1) is 0 Å². The summed E-state index contributed by atoms with van der Waals surface area (Å²) in [5.74, 6) is 0.582. The average Bonchev–Trinajstić information content (AvgIpc) is 2.00. The number of amides is 1. The summed E-state index contributed by atoms with van der Waals surface area (Å²) in [4.78, 5) is 27.2. The normalized spacial score (nSPS) is 10.1. The van der Waals surface area contributed by atoms with Crippen molar-refractivity contribution in [1.29, 1.82) is 0 Å². The molecule has 92 valence electrons. The standard InChI is InChI=1S/C5H10NO6P.2H3N/c1-12-5(7)6(8)3-2-4-13(9,10)11;;/h2,4,8H,3H2,1H3,(H2,9,10,11);2*1H3/b4-2+;;. The maximum Gasteiger partial charge on any atom is 0.433 e. The zero-order chi connectivity index (χ0) is 10.5. The van der Waals surface area contributed by atoms with Gasteiger partial charge in [-0.25, -0.2) is 4.79 Å². The van der Waals surface area contributed by atoms with E-state index >= 15 is 0 Å². The van der Waals surface area contributed by atoms with E-state index in [1.54, 1.807) is 0 Å². The van der Waals surface area contributed by atoms with Crippen LogP contribution in [0.15, 0.2) is 11.9 Å². The molecule has 15 heavy (non-hydrogen) atoms. The highest BCUT2D eigenvalue weighted by atomic mass is 31.2. The number of ether oxygens (including phenoxy) is 1. The lowest BCUT2D eigenvalue weighted by atomic mass is 10.6. The highest BCUT2D eigenvalue weighted by Crippen LogP contribution is 2.35. The zero-order valence-corrected chi connectivity index (χ0v) is 9.13. The molecule has 1 amide bonds. The average molecular weight is 245 g/mol. The first-order valence-corrected chi connectivity index (χ1v) is 4.82. The smallest absolute Gasteiger partial charge is 0.433 e. The highest BCUT2D eigenvalue weighted by molar-refractivity contribution is 7.55. The summed E-state index contributed by atoms with van der Waals surface area (Å²) in [5, 5.41) is 8.94. The van der Waals surface area contributed by atoms with Gasteiger partial charge in [0.15, 0.2) is 0 Å². The van der Waals surface area contributed by atoms with Gasteiger partial charge in [0.25, 0.3) is 0 Å². The van der Waals surface area contributed by atoms with E-state index in [-0.39, 0.29) is 23.9 Å². The van der Waals surface area contributed by atoms with Crippen LogP contribution in [0.1, 0.15) is 0 Å². The van der Waals surface area contributed by atoms with E-state index in [9.17, 15) is 9.36 Å². The molecule has 0 unspecified atom stereocenters. The van der Waals surface area contributed by atoms with Gasteiger partial charge in [-0.05, 0) is 0 Å². The van der Waals surface area contributed by atoms with E-state index in [0.29, 0.717) is 5.82 Å². The van der Waals surface area contributed by atoms with Gasteiger partial charge >= 0.3 is 13.7 Å². The molecule has 9 N–H and O–H groups in total. The summed E-state index contributed by atoms with van der Waals surface area (Å²) >= 11 is 0. The number of hydrogen-bond donors (Lipinski definition) is 5. The van der Waals surface area contributed by atoms with Crippen LogP contribution < -0.4 is 12.3 Å². The van der Waals surface area contributed by atoms with Gasteiger partial charge in [-0.2, -0.15) is 5.06 Å².